The third kappa shape index (κ3) is 2.55. The van der Waals surface area contributed by atoms with Crippen LogP contribution in [0.2, 0.25) is 5.02 Å². The summed E-state index contributed by atoms with van der Waals surface area (Å²) in [5.41, 5.74) is 3.48. The summed E-state index contributed by atoms with van der Waals surface area (Å²) >= 11 is 8.80. The smallest absolute Gasteiger partial charge is 0.151 e. The number of benzene rings is 1. The predicted octanol–water partition coefficient (Wildman–Crippen LogP) is 4.17. The van der Waals surface area contributed by atoms with Gasteiger partial charge in [-0.15, -0.1) is 0 Å². The van der Waals surface area contributed by atoms with E-state index in [1.807, 2.05) is 6.92 Å². The molecule has 0 aliphatic carbocycles. The average Bonchev–Trinajstić information content (AvgIpc) is 2.26. The molecule has 1 atom stereocenters. The predicted molar refractivity (Wildman–Crippen MR) is 65.9 cm³/mol. The van der Waals surface area contributed by atoms with Crippen LogP contribution in [0.5, 0.6) is 0 Å². The molecular weight excluding hydrogens is 299 g/mol. The van der Waals surface area contributed by atoms with Crippen molar-refractivity contribution in [1.82, 2.24) is 0 Å². The standard InChI is InChI=1S/C11H13BrClF2N/c1-2-5-11(15,6-16)7-3-4-8(12)9(13)10(7)14/h3-4H,2,5-6,16H2,1H3. The van der Waals surface area contributed by atoms with Gasteiger partial charge >= 0.3 is 0 Å². The molecule has 0 spiro atoms. The number of hydrogen-bond acceptors (Lipinski definition) is 1. The molecule has 0 aliphatic rings. The van der Waals surface area contributed by atoms with Crippen molar-refractivity contribution < 1.29 is 8.78 Å². The maximum atomic E-state index is 14.4. The van der Waals surface area contributed by atoms with Gasteiger partial charge in [0.25, 0.3) is 0 Å². The van der Waals surface area contributed by atoms with Gasteiger partial charge in [-0.2, -0.15) is 0 Å². The number of hydrogen-bond donors (Lipinski definition) is 1. The summed E-state index contributed by atoms with van der Waals surface area (Å²) < 4.78 is 28.6. The summed E-state index contributed by atoms with van der Waals surface area (Å²) in [5, 5.41) is -0.107. The molecule has 1 aromatic rings. The number of nitrogens with two attached hydrogens (primary N) is 1. The Hall–Kier alpha value is -0.190. The highest BCUT2D eigenvalue weighted by molar-refractivity contribution is 9.10. The van der Waals surface area contributed by atoms with Gasteiger partial charge in [0.2, 0.25) is 0 Å². The molecule has 1 rings (SSSR count). The maximum Gasteiger partial charge on any atom is 0.151 e. The second-order valence-corrected chi connectivity index (χ2v) is 4.87. The Morgan fingerprint density at radius 3 is 2.62 bits per heavy atom. The Morgan fingerprint density at radius 2 is 2.12 bits per heavy atom. The van der Waals surface area contributed by atoms with Gasteiger partial charge in [-0.3, -0.25) is 0 Å². The molecule has 0 amide bonds. The van der Waals surface area contributed by atoms with Crippen molar-refractivity contribution >= 4 is 27.5 Å². The van der Waals surface area contributed by atoms with E-state index in [1.165, 1.54) is 12.1 Å². The summed E-state index contributed by atoms with van der Waals surface area (Å²) in [5.74, 6) is -0.738. The highest BCUT2D eigenvalue weighted by Crippen LogP contribution is 2.37. The minimum atomic E-state index is -1.84. The van der Waals surface area contributed by atoms with Crippen LogP contribution in [0, 0.1) is 5.82 Å². The van der Waals surface area contributed by atoms with Gasteiger partial charge < -0.3 is 5.73 Å². The summed E-state index contributed by atoms with van der Waals surface area (Å²) in [7, 11) is 0. The molecule has 0 fully saturated rings. The summed E-state index contributed by atoms with van der Waals surface area (Å²) in [6.07, 6.45) is 0.763. The van der Waals surface area contributed by atoms with Crippen LogP contribution >= 0.6 is 27.5 Å². The Kier molecular flexibility index (Phi) is 4.71. The van der Waals surface area contributed by atoms with Crippen LogP contribution in [0.3, 0.4) is 0 Å². The highest BCUT2D eigenvalue weighted by Gasteiger charge is 2.33. The van der Waals surface area contributed by atoms with Crippen LogP contribution in [-0.2, 0) is 5.67 Å². The molecule has 0 bridgehead atoms. The topological polar surface area (TPSA) is 26.0 Å². The first-order valence-corrected chi connectivity index (χ1v) is 6.16. The van der Waals surface area contributed by atoms with Gasteiger partial charge in [0.05, 0.1) is 5.02 Å². The molecule has 0 radical (unpaired) electrons. The fraction of sp³-hybridized carbons (Fsp3) is 0.455. The van der Waals surface area contributed by atoms with Crippen LogP contribution in [0.25, 0.3) is 0 Å². The second-order valence-electron chi connectivity index (χ2n) is 3.64. The molecular formula is C11H13BrClF2N. The fourth-order valence-corrected chi connectivity index (χ4v) is 2.09. The summed E-state index contributed by atoms with van der Waals surface area (Å²) in [4.78, 5) is 0. The van der Waals surface area contributed by atoms with Crippen molar-refractivity contribution in [3.05, 3.63) is 33.0 Å². The summed E-state index contributed by atoms with van der Waals surface area (Å²) in [6.45, 7) is 1.57. The second kappa shape index (κ2) is 5.43. The van der Waals surface area contributed by atoms with Crippen LogP contribution in [0.1, 0.15) is 25.3 Å². The average molecular weight is 313 g/mol. The van der Waals surface area contributed by atoms with E-state index in [4.69, 9.17) is 17.3 Å². The molecule has 2 N–H and O–H groups in total. The first-order chi connectivity index (χ1) is 7.46. The van der Waals surface area contributed by atoms with Gasteiger partial charge in [0.15, 0.2) is 5.67 Å². The van der Waals surface area contributed by atoms with Crippen LogP contribution in [-0.4, -0.2) is 6.54 Å². The van der Waals surface area contributed by atoms with Gasteiger partial charge in [0, 0.05) is 16.6 Å². The third-order valence-corrected chi connectivity index (χ3v) is 3.75. The largest absolute Gasteiger partial charge is 0.327 e. The highest BCUT2D eigenvalue weighted by atomic mass is 79.9. The van der Waals surface area contributed by atoms with E-state index in [1.54, 1.807) is 0 Å². The Bertz CT molecular complexity index is 386. The fourth-order valence-electron chi connectivity index (χ4n) is 1.61. The van der Waals surface area contributed by atoms with E-state index < -0.39 is 11.5 Å². The minimum Gasteiger partial charge on any atom is -0.327 e. The number of alkyl halides is 1. The van der Waals surface area contributed by atoms with Crippen LogP contribution < -0.4 is 5.73 Å². The van der Waals surface area contributed by atoms with Crippen molar-refractivity contribution in [3.63, 3.8) is 0 Å². The van der Waals surface area contributed by atoms with E-state index in [2.05, 4.69) is 15.9 Å². The van der Waals surface area contributed by atoms with Crippen molar-refractivity contribution in [2.45, 2.75) is 25.4 Å². The first kappa shape index (κ1) is 13.9. The normalized spacial score (nSPS) is 14.9. The van der Waals surface area contributed by atoms with Gasteiger partial charge in [-0.25, -0.2) is 8.78 Å². The molecule has 0 aliphatic heterocycles. The monoisotopic (exact) mass is 311 g/mol. The van der Waals surface area contributed by atoms with E-state index >= 15 is 0 Å². The SMILES string of the molecule is CCCC(F)(CN)c1ccc(Br)c(Cl)c1F. The zero-order valence-electron chi connectivity index (χ0n) is 8.87. The van der Waals surface area contributed by atoms with Gasteiger partial charge in [-0.05, 0) is 28.4 Å². The quantitative estimate of drug-likeness (QED) is 0.830. The third-order valence-electron chi connectivity index (χ3n) is 2.49. The van der Waals surface area contributed by atoms with Crippen LogP contribution in [0.15, 0.2) is 16.6 Å². The lowest BCUT2D eigenvalue weighted by molar-refractivity contribution is 0.153. The molecule has 0 saturated carbocycles. The molecule has 5 heteroatoms. The number of rotatable bonds is 4. The van der Waals surface area contributed by atoms with E-state index in [0.29, 0.717) is 10.9 Å². The lowest BCUT2D eigenvalue weighted by atomic mass is 9.91. The maximum absolute atomic E-state index is 14.4. The molecule has 1 unspecified atom stereocenters. The minimum absolute atomic E-state index is 0.0648. The Morgan fingerprint density at radius 1 is 1.50 bits per heavy atom. The molecule has 0 heterocycles. The van der Waals surface area contributed by atoms with Gasteiger partial charge in [-0.1, -0.05) is 31.0 Å². The van der Waals surface area contributed by atoms with Gasteiger partial charge in [0.1, 0.15) is 5.82 Å². The lowest BCUT2D eigenvalue weighted by Crippen LogP contribution is -2.31. The zero-order valence-corrected chi connectivity index (χ0v) is 11.2. The van der Waals surface area contributed by atoms with Crippen molar-refractivity contribution in [2.24, 2.45) is 5.73 Å². The molecule has 0 saturated heterocycles. The van der Waals surface area contributed by atoms with Crippen molar-refractivity contribution in [2.75, 3.05) is 6.54 Å². The van der Waals surface area contributed by atoms with Crippen molar-refractivity contribution in [1.29, 1.82) is 0 Å². The first-order valence-electron chi connectivity index (χ1n) is 4.99. The summed E-state index contributed by atoms with van der Waals surface area (Å²) in [6, 6.07) is 2.91. The molecule has 1 aromatic carbocycles. The van der Waals surface area contributed by atoms with E-state index in [9.17, 15) is 8.78 Å². The van der Waals surface area contributed by atoms with Crippen molar-refractivity contribution in [3.8, 4) is 0 Å². The Balaban J connectivity index is 3.26. The Labute approximate surface area is 107 Å². The number of halogens is 4. The molecule has 1 nitrogen and oxygen atoms in total. The molecule has 0 aromatic heterocycles. The zero-order chi connectivity index (χ0) is 12.3. The van der Waals surface area contributed by atoms with E-state index in [0.717, 1.165) is 0 Å². The van der Waals surface area contributed by atoms with Crippen LogP contribution in [0.4, 0.5) is 8.78 Å². The molecule has 16 heavy (non-hydrogen) atoms. The van der Waals surface area contributed by atoms with E-state index in [-0.39, 0.29) is 23.6 Å². The molecule has 90 valence electrons. The lowest BCUT2D eigenvalue weighted by Gasteiger charge is -2.24.